The summed E-state index contributed by atoms with van der Waals surface area (Å²) < 4.78 is 0. The van der Waals surface area contributed by atoms with E-state index in [-0.39, 0.29) is 42.8 Å². The van der Waals surface area contributed by atoms with E-state index < -0.39 is 17.9 Å². The number of carboxylic acid groups (broad SMARTS) is 1. The zero-order valence-corrected chi connectivity index (χ0v) is 12.2. The maximum atomic E-state index is 11.5. The van der Waals surface area contributed by atoms with E-state index in [1.807, 2.05) is 0 Å². The first-order valence-corrected chi connectivity index (χ1v) is 6.83. The summed E-state index contributed by atoms with van der Waals surface area (Å²) in [5, 5.41) is 13.8. The average Bonchev–Trinajstić information content (AvgIpc) is 2.33. The maximum Gasteiger partial charge on any atom is 0.326 e. The van der Waals surface area contributed by atoms with Crippen LogP contribution in [0.5, 0.6) is 0 Å². The third-order valence-corrected chi connectivity index (χ3v) is 2.72. The Morgan fingerprint density at radius 2 is 1.79 bits per heavy atom. The highest BCUT2D eigenvalue weighted by Gasteiger charge is 2.19. The van der Waals surface area contributed by atoms with Crippen LogP contribution >= 0.6 is 15.9 Å². The van der Waals surface area contributed by atoms with E-state index in [9.17, 15) is 19.2 Å². The molecule has 0 radical (unpaired) electrons. The van der Waals surface area contributed by atoms with Gasteiger partial charge in [0.2, 0.25) is 11.8 Å². The van der Waals surface area contributed by atoms with Crippen LogP contribution in [0.1, 0.15) is 26.2 Å². The Kier molecular flexibility index (Phi) is 8.77. The fourth-order valence-electron chi connectivity index (χ4n) is 1.23. The van der Waals surface area contributed by atoms with Gasteiger partial charge >= 0.3 is 5.97 Å². The highest BCUT2D eigenvalue weighted by atomic mass is 79.9. The number of nitrogens with one attached hydrogen (secondary N) is 2. The number of ketones is 1. The number of Topliss-reactive ketones (excluding diaryl/α,β-unsaturated/α-hetero) is 1. The van der Waals surface area contributed by atoms with Crippen LogP contribution in [0.3, 0.4) is 0 Å². The maximum absolute atomic E-state index is 11.5. The van der Waals surface area contributed by atoms with Crippen LogP contribution in [-0.2, 0) is 19.2 Å². The highest BCUT2D eigenvalue weighted by Crippen LogP contribution is 1.99. The number of hydrogen-bond donors (Lipinski definition) is 3. The van der Waals surface area contributed by atoms with Crippen LogP contribution in [0.4, 0.5) is 0 Å². The third-order valence-electron chi connectivity index (χ3n) is 2.21. The van der Waals surface area contributed by atoms with Crippen molar-refractivity contribution >= 4 is 39.5 Å². The molecule has 108 valence electrons. The lowest BCUT2D eigenvalue weighted by Crippen LogP contribution is -2.42. The van der Waals surface area contributed by atoms with Crippen LogP contribution in [-0.4, -0.2) is 46.6 Å². The minimum absolute atomic E-state index is 0.0113. The van der Waals surface area contributed by atoms with Gasteiger partial charge in [-0.1, -0.05) is 15.9 Å². The lowest BCUT2D eigenvalue weighted by atomic mass is 10.1. The van der Waals surface area contributed by atoms with Gasteiger partial charge in [-0.15, -0.1) is 0 Å². The molecule has 3 N–H and O–H groups in total. The summed E-state index contributed by atoms with van der Waals surface area (Å²) in [4.78, 5) is 44.0. The molecule has 0 spiro atoms. The molecule has 2 amide bonds. The molecule has 0 aliphatic heterocycles. The number of carboxylic acids is 1. The van der Waals surface area contributed by atoms with Gasteiger partial charge in [0.1, 0.15) is 11.8 Å². The first kappa shape index (κ1) is 17.6. The summed E-state index contributed by atoms with van der Waals surface area (Å²) in [5.74, 6) is -2.05. The molecule has 0 bridgehead atoms. The van der Waals surface area contributed by atoms with Gasteiger partial charge in [-0.25, -0.2) is 4.79 Å². The number of carbonyl (C=O) groups excluding carboxylic acids is 3. The molecule has 0 unspecified atom stereocenters. The smallest absolute Gasteiger partial charge is 0.326 e. The fraction of sp³-hybridized carbons (Fsp3) is 0.636. The Bertz CT molecular complexity index is 359. The van der Waals surface area contributed by atoms with E-state index in [4.69, 9.17) is 5.11 Å². The van der Waals surface area contributed by atoms with Crippen molar-refractivity contribution in [2.75, 3.05) is 11.9 Å². The van der Waals surface area contributed by atoms with E-state index in [0.29, 0.717) is 0 Å². The summed E-state index contributed by atoms with van der Waals surface area (Å²) in [5.41, 5.74) is 0. The molecule has 7 nitrogen and oxygen atoms in total. The molecule has 0 rings (SSSR count). The summed E-state index contributed by atoms with van der Waals surface area (Å²) in [6.07, 6.45) is 0.143. The van der Waals surface area contributed by atoms with Crippen molar-refractivity contribution in [2.24, 2.45) is 0 Å². The second-order valence-corrected chi connectivity index (χ2v) is 4.49. The predicted octanol–water partition coefficient (Wildman–Crippen LogP) is -0.174. The summed E-state index contributed by atoms with van der Waals surface area (Å²) in [7, 11) is 0. The molecular weight excluding hydrogens is 320 g/mol. The monoisotopic (exact) mass is 336 g/mol. The van der Waals surface area contributed by atoms with Gasteiger partial charge in [0.15, 0.2) is 0 Å². The topological polar surface area (TPSA) is 113 Å². The molecule has 1 atom stereocenters. The van der Waals surface area contributed by atoms with Crippen LogP contribution < -0.4 is 10.6 Å². The molecule has 0 aromatic rings. The van der Waals surface area contributed by atoms with Crippen molar-refractivity contribution in [3.8, 4) is 0 Å². The number of alkyl halides is 1. The summed E-state index contributed by atoms with van der Waals surface area (Å²) in [6.45, 7) is 1.49. The SMILES string of the molecule is CC(=O)CC[C@@H](NC(=O)CCNC(=O)CBr)C(=O)O. The predicted molar refractivity (Wildman–Crippen MR) is 70.9 cm³/mol. The standard InChI is InChI=1S/C11H17BrN2O5/c1-7(15)2-3-8(11(18)19)14-9(16)4-5-13-10(17)6-12/h8H,2-6H2,1H3,(H,13,17)(H,14,16)(H,18,19)/t8-/m1/s1. The Morgan fingerprint density at radius 3 is 2.26 bits per heavy atom. The zero-order valence-electron chi connectivity index (χ0n) is 10.6. The van der Waals surface area contributed by atoms with Gasteiger partial charge in [0, 0.05) is 19.4 Å². The minimum atomic E-state index is -1.18. The fourth-order valence-corrected chi connectivity index (χ4v) is 1.43. The Hall–Kier alpha value is -1.44. The van der Waals surface area contributed by atoms with Gasteiger partial charge < -0.3 is 20.5 Å². The van der Waals surface area contributed by atoms with Crippen LogP contribution in [0.2, 0.25) is 0 Å². The van der Waals surface area contributed by atoms with E-state index in [2.05, 4.69) is 26.6 Å². The molecule has 0 aromatic heterocycles. The largest absolute Gasteiger partial charge is 0.480 e. The normalized spacial score (nSPS) is 11.5. The first-order chi connectivity index (χ1) is 8.86. The zero-order chi connectivity index (χ0) is 14.8. The van der Waals surface area contributed by atoms with E-state index in [0.717, 1.165) is 0 Å². The van der Waals surface area contributed by atoms with Gasteiger partial charge in [-0.2, -0.15) is 0 Å². The average molecular weight is 337 g/mol. The Labute approximate surface area is 119 Å². The molecule has 0 saturated heterocycles. The molecule has 0 heterocycles. The second kappa shape index (κ2) is 9.48. The molecule has 0 aliphatic carbocycles. The van der Waals surface area contributed by atoms with Crippen LogP contribution in [0, 0.1) is 0 Å². The lowest BCUT2D eigenvalue weighted by Gasteiger charge is -2.13. The first-order valence-electron chi connectivity index (χ1n) is 5.71. The van der Waals surface area contributed by atoms with Crippen LogP contribution in [0.25, 0.3) is 0 Å². The molecule has 0 saturated carbocycles. The lowest BCUT2D eigenvalue weighted by molar-refractivity contribution is -0.142. The summed E-state index contributed by atoms with van der Waals surface area (Å²) >= 11 is 2.95. The summed E-state index contributed by atoms with van der Waals surface area (Å²) in [6, 6.07) is -1.08. The molecular formula is C11H17BrN2O5. The van der Waals surface area contributed by atoms with Gasteiger partial charge in [0.05, 0.1) is 5.33 Å². The quantitative estimate of drug-likeness (QED) is 0.506. The molecule has 19 heavy (non-hydrogen) atoms. The van der Waals surface area contributed by atoms with Gasteiger partial charge in [-0.05, 0) is 13.3 Å². The number of halogens is 1. The van der Waals surface area contributed by atoms with Gasteiger partial charge in [0.25, 0.3) is 0 Å². The van der Waals surface area contributed by atoms with Crippen LogP contribution in [0.15, 0.2) is 0 Å². The Morgan fingerprint density at radius 1 is 1.16 bits per heavy atom. The number of hydrogen-bond acceptors (Lipinski definition) is 4. The second-order valence-electron chi connectivity index (χ2n) is 3.93. The number of amides is 2. The van der Waals surface area contributed by atoms with E-state index >= 15 is 0 Å². The van der Waals surface area contributed by atoms with E-state index in [1.165, 1.54) is 6.92 Å². The third kappa shape index (κ3) is 9.18. The molecule has 0 aliphatic rings. The number of rotatable bonds is 9. The number of carbonyl (C=O) groups is 4. The van der Waals surface area contributed by atoms with Crippen molar-refractivity contribution in [3.63, 3.8) is 0 Å². The van der Waals surface area contributed by atoms with Gasteiger partial charge in [-0.3, -0.25) is 9.59 Å². The Balaban J connectivity index is 4.06. The minimum Gasteiger partial charge on any atom is -0.480 e. The molecule has 0 aromatic carbocycles. The van der Waals surface area contributed by atoms with Crippen molar-refractivity contribution in [1.82, 2.24) is 10.6 Å². The van der Waals surface area contributed by atoms with Crippen molar-refractivity contribution in [2.45, 2.75) is 32.2 Å². The van der Waals surface area contributed by atoms with Crippen molar-refractivity contribution in [1.29, 1.82) is 0 Å². The van der Waals surface area contributed by atoms with Crippen molar-refractivity contribution < 1.29 is 24.3 Å². The van der Waals surface area contributed by atoms with Crippen molar-refractivity contribution in [3.05, 3.63) is 0 Å². The number of aliphatic carboxylic acids is 1. The molecule has 0 fully saturated rings. The van der Waals surface area contributed by atoms with E-state index in [1.54, 1.807) is 0 Å². The highest BCUT2D eigenvalue weighted by molar-refractivity contribution is 9.09. The molecule has 8 heteroatoms.